The van der Waals surface area contributed by atoms with Crippen molar-refractivity contribution in [2.75, 3.05) is 30.7 Å². The average Bonchev–Trinajstić information content (AvgIpc) is 2.85. The van der Waals surface area contributed by atoms with Gasteiger partial charge in [-0.15, -0.1) is 0 Å². The molecule has 0 aliphatic carbocycles. The topological polar surface area (TPSA) is 41.3 Å². The normalized spacial score (nSPS) is 20.2. The third kappa shape index (κ3) is 4.03. The van der Waals surface area contributed by atoms with Crippen LogP contribution in [0.3, 0.4) is 0 Å². The molecule has 1 heterocycles. The van der Waals surface area contributed by atoms with E-state index in [0.717, 1.165) is 38.2 Å². The van der Waals surface area contributed by atoms with Crippen LogP contribution in [0.5, 0.6) is 0 Å². The molecule has 21 heavy (non-hydrogen) atoms. The highest BCUT2D eigenvalue weighted by Crippen LogP contribution is 2.33. The molecule has 0 aromatic heterocycles. The van der Waals surface area contributed by atoms with E-state index in [0.29, 0.717) is 17.6 Å². The van der Waals surface area contributed by atoms with Crippen molar-refractivity contribution in [2.24, 2.45) is 5.92 Å². The Balaban J connectivity index is 1.92. The van der Waals surface area contributed by atoms with Crippen LogP contribution in [0.4, 0.5) is 24.5 Å². The summed E-state index contributed by atoms with van der Waals surface area (Å²) in [6.07, 6.45) is -3.25. The minimum absolute atomic E-state index is 0.142. The molecule has 118 valence electrons. The lowest BCUT2D eigenvalue weighted by Crippen LogP contribution is -2.29. The predicted molar refractivity (Wildman–Crippen MR) is 79.2 cm³/mol. The highest BCUT2D eigenvalue weighted by atomic mass is 19.4. The fourth-order valence-corrected chi connectivity index (χ4v) is 2.65. The molecule has 1 aliphatic rings. The number of hydrogen-bond donors (Lipinski definition) is 2. The van der Waals surface area contributed by atoms with Crippen molar-refractivity contribution in [3.05, 3.63) is 23.8 Å². The van der Waals surface area contributed by atoms with Crippen LogP contribution in [-0.4, -0.2) is 30.6 Å². The number of nitrogen functional groups attached to an aromatic ring is 1. The minimum Gasteiger partial charge on any atom is -0.397 e. The largest absolute Gasteiger partial charge is 0.416 e. The molecule has 1 aliphatic heterocycles. The third-order valence-electron chi connectivity index (χ3n) is 4.01. The minimum atomic E-state index is -4.35. The molecule has 0 amide bonds. The molecule has 1 unspecified atom stereocenters. The summed E-state index contributed by atoms with van der Waals surface area (Å²) in [5.41, 5.74) is 5.71. The van der Waals surface area contributed by atoms with Crippen LogP contribution in [0.2, 0.25) is 0 Å². The smallest absolute Gasteiger partial charge is 0.397 e. The van der Waals surface area contributed by atoms with E-state index >= 15 is 0 Å². The Labute approximate surface area is 123 Å². The lowest BCUT2D eigenvalue weighted by atomic mass is 10.1. The first kappa shape index (κ1) is 15.9. The Morgan fingerprint density at radius 2 is 2.10 bits per heavy atom. The van der Waals surface area contributed by atoms with Crippen molar-refractivity contribution in [3.63, 3.8) is 0 Å². The Bertz CT molecular complexity index is 486. The number of alkyl halides is 3. The monoisotopic (exact) mass is 301 g/mol. The number of likely N-dealkylation sites (tertiary alicyclic amines) is 1. The van der Waals surface area contributed by atoms with Crippen LogP contribution in [0.25, 0.3) is 0 Å². The zero-order chi connectivity index (χ0) is 15.6. The van der Waals surface area contributed by atoms with Gasteiger partial charge in [0.2, 0.25) is 0 Å². The Morgan fingerprint density at radius 3 is 2.62 bits per heavy atom. The van der Waals surface area contributed by atoms with Gasteiger partial charge in [0.25, 0.3) is 0 Å². The first-order chi connectivity index (χ1) is 9.77. The Morgan fingerprint density at radius 1 is 1.38 bits per heavy atom. The van der Waals surface area contributed by atoms with Crippen LogP contribution >= 0.6 is 0 Å². The fraction of sp³-hybridized carbons (Fsp3) is 0.600. The van der Waals surface area contributed by atoms with E-state index in [4.69, 9.17) is 5.73 Å². The van der Waals surface area contributed by atoms with Crippen molar-refractivity contribution in [3.8, 4) is 0 Å². The van der Waals surface area contributed by atoms with E-state index in [1.165, 1.54) is 6.07 Å². The van der Waals surface area contributed by atoms with Crippen molar-refractivity contribution in [2.45, 2.75) is 32.5 Å². The average molecular weight is 301 g/mol. The molecule has 0 radical (unpaired) electrons. The molecular weight excluding hydrogens is 279 g/mol. The second-order valence-electron chi connectivity index (χ2n) is 5.92. The summed E-state index contributed by atoms with van der Waals surface area (Å²) >= 11 is 0. The predicted octanol–water partition coefficient (Wildman–Crippen LogP) is 3.43. The van der Waals surface area contributed by atoms with Gasteiger partial charge in [-0.2, -0.15) is 13.2 Å². The van der Waals surface area contributed by atoms with Gasteiger partial charge in [-0.05, 0) is 50.9 Å². The SMILES string of the molecule is CC(C)N1CCC(CNc2ccc(C(F)(F)F)cc2N)C1. The van der Waals surface area contributed by atoms with Crippen LogP contribution in [0, 0.1) is 5.92 Å². The summed E-state index contributed by atoms with van der Waals surface area (Å²) < 4.78 is 37.7. The van der Waals surface area contributed by atoms with Crippen LogP contribution < -0.4 is 11.1 Å². The zero-order valence-electron chi connectivity index (χ0n) is 12.4. The Kier molecular flexibility index (Phi) is 4.66. The number of halogens is 3. The highest BCUT2D eigenvalue weighted by molar-refractivity contribution is 5.67. The molecular formula is C15H22F3N3. The zero-order valence-corrected chi connectivity index (χ0v) is 12.4. The van der Waals surface area contributed by atoms with Gasteiger partial charge >= 0.3 is 6.18 Å². The van der Waals surface area contributed by atoms with Gasteiger partial charge in [-0.25, -0.2) is 0 Å². The number of benzene rings is 1. The van der Waals surface area contributed by atoms with Gasteiger partial charge in [0.05, 0.1) is 16.9 Å². The fourth-order valence-electron chi connectivity index (χ4n) is 2.65. The summed E-state index contributed by atoms with van der Waals surface area (Å²) in [6, 6.07) is 3.99. The van der Waals surface area contributed by atoms with Crippen LogP contribution in [0.1, 0.15) is 25.8 Å². The van der Waals surface area contributed by atoms with E-state index in [1.807, 2.05) is 0 Å². The molecule has 3 nitrogen and oxygen atoms in total. The molecule has 1 aromatic rings. The van der Waals surface area contributed by atoms with E-state index < -0.39 is 11.7 Å². The quantitative estimate of drug-likeness (QED) is 0.837. The number of rotatable bonds is 4. The van der Waals surface area contributed by atoms with Gasteiger partial charge in [0.15, 0.2) is 0 Å². The first-order valence-corrected chi connectivity index (χ1v) is 7.22. The van der Waals surface area contributed by atoms with Crippen molar-refractivity contribution in [1.29, 1.82) is 0 Å². The summed E-state index contributed by atoms with van der Waals surface area (Å²) in [5, 5.41) is 3.17. The van der Waals surface area contributed by atoms with Crippen molar-refractivity contribution in [1.82, 2.24) is 4.90 Å². The number of nitrogens with zero attached hydrogens (tertiary/aromatic N) is 1. The number of anilines is 2. The highest BCUT2D eigenvalue weighted by Gasteiger charge is 2.31. The van der Waals surface area contributed by atoms with Crippen molar-refractivity contribution >= 4 is 11.4 Å². The summed E-state index contributed by atoms with van der Waals surface area (Å²) in [4.78, 5) is 2.41. The molecule has 1 saturated heterocycles. The number of hydrogen-bond acceptors (Lipinski definition) is 3. The van der Waals surface area contributed by atoms with E-state index in [2.05, 4.69) is 24.1 Å². The van der Waals surface area contributed by atoms with Crippen LogP contribution in [0.15, 0.2) is 18.2 Å². The van der Waals surface area contributed by atoms with Gasteiger partial charge in [-0.3, -0.25) is 0 Å². The number of nitrogens with one attached hydrogen (secondary N) is 1. The van der Waals surface area contributed by atoms with Gasteiger partial charge < -0.3 is 16.0 Å². The van der Waals surface area contributed by atoms with E-state index in [-0.39, 0.29) is 5.69 Å². The molecule has 1 atom stereocenters. The third-order valence-corrected chi connectivity index (χ3v) is 4.01. The van der Waals surface area contributed by atoms with Crippen LogP contribution in [-0.2, 0) is 6.18 Å². The van der Waals surface area contributed by atoms with E-state index in [1.54, 1.807) is 0 Å². The molecule has 0 spiro atoms. The van der Waals surface area contributed by atoms with Crippen molar-refractivity contribution < 1.29 is 13.2 Å². The summed E-state index contributed by atoms with van der Waals surface area (Å²) in [6.45, 7) is 7.17. The maximum absolute atomic E-state index is 12.6. The molecule has 3 N–H and O–H groups in total. The maximum atomic E-state index is 12.6. The first-order valence-electron chi connectivity index (χ1n) is 7.22. The lowest BCUT2D eigenvalue weighted by Gasteiger charge is -2.20. The maximum Gasteiger partial charge on any atom is 0.416 e. The lowest BCUT2D eigenvalue weighted by molar-refractivity contribution is -0.137. The molecule has 0 saturated carbocycles. The molecule has 6 heteroatoms. The molecule has 2 rings (SSSR count). The van der Waals surface area contributed by atoms with E-state index in [9.17, 15) is 13.2 Å². The summed E-state index contributed by atoms with van der Waals surface area (Å²) in [7, 11) is 0. The second-order valence-corrected chi connectivity index (χ2v) is 5.92. The van der Waals surface area contributed by atoms with Gasteiger partial charge in [-0.1, -0.05) is 0 Å². The molecule has 1 aromatic carbocycles. The van der Waals surface area contributed by atoms with Gasteiger partial charge in [0.1, 0.15) is 0 Å². The Hall–Kier alpha value is -1.43. The molecule has 1 fully saturated rings. The number of nitrogens with two attached hydrogens (primary N) is 1. The second kappa shape index (κ2) is 6.13. The standard InChI is InChI=1S/C15H22F3N3/c1-10(2)21-6-5-11(9-21)8-20-14-4-3-12(7-13(14)19)15(16,17)18/h3-4,7,10-11,20H,5-6,8-9,19H2,1-2H3. The van der Waals surface area contributed by atoms with Gasteiger partial charge in [0, 0.05) is 19.1 Å². The molecule has 0 bridgehead atoms. The summed E-state index contributed by atoms with van der Waals surface area (Å²) in [5.74, 6) is 0.508.